The highest BCUT2D eigenvalue weighted by atomic mass is 32.2. The van der Waals surface area contributed by atoms with E-state index in [1.807, 2.05) is 39.0 Å². The van der Waals surface area contributed by atoms with Gasteiger partial charge in [0.05, 0.1) is 25.2 Å². The molecule has 2 aromatic carbocycles. The maximum absolute atomic E-state index is 12.6. The predicted octanol–water partition coefficient (Wildman–Crippen LogP) is 3.54. The smallest absolute Gasteiger partial charge is 0.243 e. The van der Waals surface area contributed by atoms with Crippen LogP contribution in [0.5, 0.6) is 11.5 Å². The maximum atomic E-state index is 12.6. The molecule has 1 atom stereocenters. The van der Waals surface area contributed by atoms with E-state index in [1.165, 1.54) is 4.31 Å². The second-order valence-electron chi connectivity index (χ2n) is 7.14. The molecule has 1 amide bonds. The van der Waals surface area contributed by atoms with E-state index >= 15 is 0 Å². The van der Waals surface area contributed by atoms with Crippen molar-refractivity contribution in [2.45, 2.75) is 44.6 Å². The summed E-state index contributed by atoms with van der Waals surface area (Å²) in [6, 6.07) is 12.1. The Bertz CT molecular complexity index is 970. The first-order valence-corrected chi connectivity index (χ1v) is 11.8. The van der Waals surface area contributed by atoms with Crippen molar-refractivity contribution in [3.05, 3.63) is 53.6 Å². The number of aryl methyl sites for hydroxylation is 1. The molecule has 7 nitrogen and oxygen atoms in total. The Kier molecular flexibility index (Phi) is 8.88. The molecule has 170 valence electrons. The standard InChI is InChI=1S/C23H32N2O5S/c1-6-25(7-2)31(27,28)20-12-8-18(9-13-20)10-15-23(26)24-17(3)19-11-14-21(29-4)22(16-19)30-5/h8-9,11-14,16-17H,6-7,10,15H2,1-5H3,(H,24,26). The second-order valence-corrected chi connectivity index (χ2v) is 9.07. The minimum atomic E-state index is -3.47. The molecular formula is C23H32N2O5S. The molecule has 0 bridgehead atoms. The summed E-state index contributed by atoms with van der Waals surface area (Å²) in [5, 5.41) is 2.98. The molecule has 0 saturated carbocycles. The van der Waals surface area contributed by atoms with Gasteiger partial charge in [-0.3, -0.25) is 4.79 Å². The van der Waals surface area contributed by atoms with Crippen LogP contribution in [0.4, 0.5) is 0 Å². The summed E-state index contributed by atoms with van der Waals surface area (Å²) in [6.07, 6.45) is 0.829. The van der Waals surface area contributed by atoms with Crippen molar-refractivity contribution in [2.75, 3.05) is 27.3 Å². The number of carbonyl (C=O) groups is 1. The van der Waals surface area contributed by atoms with Crippen LogP contribution in [0.15, 0.2) is 47.4 Å². The lowest BCUT2D eigenvalue weighted by Crippen LogP contribution is -2.30. The molecule has 0 aromatic heterocycles. The Labute approximate surface area is 185 Å². The minimum absolute atomic E-state index is 0.0814. The van der Waals surface area contributed by atoms with Gasteiger partial charge in [-0.2, -0.15) is 4.31 Å². The average Bonchev–Trinajstić information content (AvgIpc) is 2.78. The van der Waals surface area contributed by atoms with Crippen LogP contribution in [-0.2, 0) is 21.2 Å². The predicted molar refractivity (Wildman–Crippen MR) is 121 cm³/mol. The van der Waals surface area contributed by atoms with Crippen molar-refractivity contribution >= 4 is 15.9 Å². The lowest BCUT2D eigenvalue weighted by Gasteiger charge is -2.18. The zero-order valence-electron chi connectivity index (χ0n) is 18.8. The van der Waals surface area contributed by atoms with Crippen LogP contribution in [-0.4, -0.2) is 45.9 Å². The van der Waals surface area contributed by atoms with Crippen molar-refractivity contribution < 1.29 is 22.7 Å². The summed E-state index contributed by atoms with van der Waals surface area (Å²) in [7, 11) is -0.321. The van der Waals surface area contributed by atoms with E-state index in [0.29, 0.717) is 37.4 Å². The first kappa shape index (κ1) is 24.7. The Morgan fingerprint density at radius 2 is 1.61 bits per heavy atom. The first-order valence-electron chi connectivity index (χ1n) is 10.4. The zero-order valence-corrected chi connectivity index (χ0v) is 19.7. The molecule has 1 unspecified atom stereocenters. The summed E-state index contributed by atoms with van der Waals surface area (Å²) >= 11 is 0. The number of carbonyl (C=O) groups excluding carboxylic acids is 1. The average molecular weight is 449 g/mol. The number of benzene rings is 2. The minimum Gasteiger partial charge on any atom is -0.493 e. The molecule has 0 saturated heterocycles. The van der Waals surface area contributed by atoms with Crippen molar-refractivity contribution in [3.8, 4) is 11.5 Å². The van der Waals surface area contributed by atoms with Gasteiger partial charge in [-0.15, -0.1) is 0 Å². The van der Waals surface area contributed by atoms with E-state index < -0.39 is 10.0 Å². The molecule has 0 aliphatic heterocycles. The fourth-order valence-electron chi connectivity index (χ4n) is 3.32. The number of methoxy groups -OCH3 is 2. The molecule has 2 rings (SSSR count). The van der Waals surface area contributed by atoms with E-state index in [1.54, 1.807) is 38.5 Å². The highest BCUT2D eigenvalue weighted by Gasteiger charge is 2.21. The Hall–Kier alpha value is -2.58. The molecule has 31 heavy (non-hydrogen) atoms. The van der Waals surface area contributed by atoms with Gasteiger partial charge in [-0.1, -0.05) is 32.0 Å². The van der Waals surface area contributed by atoms with Crippen LogP contribution in [0, 0.1) is 0 Å². The third-order valence-electron chi connectivity index (χ3n) is 5.19. The van der Waals surface area contributed by atoms with Gasteiger partial charge in [0.1, 0.15) is 0 Å². The third-order valence-corrected chi connectivity index (χ3v) is 7.26. The number of hydrogen-bond donors (Lipinski definition) is 1. The molecule has 1 N–H and O–H groups in total. The number of amides is 1. The van der Waals surface area contributed by atoms with Gasteiger partial charge in [0, 0.05) is 19.5 Å². The van der Waals surface area contributed by atoms with E-state index in [4.69, 9.17) is 9.47 Å². The summed E-state index contributed by atoms with van der Waals surface area (Å²) < 4.78 is 37.1. The Morgan fingerprint density at radius 3 is 2.16 bits per heavy atom. The topological polar surface area (TPSA) is 84.9 Å². The number of ether oxygens (including phenoxy) is 2. The largest absolute Gasteiger partial charge is 0.493 e. The van der Waals surface area contributed by atoms with Crippen molar-refractivity contribution in [2.24, 2.45) is 0 Å². The number of rotatable bonds is 11. The van der Waals surface area contributed by atoms with E-state index in [-0.39, 0.29) is 16.8 Å². The number of nitrogens with zero attached hydrogens (tertiary/aromatic N) is 1. The summed E-state index contributed by atoms with van der Waals surface area (Å²) in [5.74, 6) is 1.17. The molecule has 0 radical (unpaired) electrons. The Morgan fingerprint density at radius 1 is 1.00 bits per heavy atom. The fourth-order valence-corrected chi connectivity index (χ4v) is 4.78. The SMILES string of the molecule is CCN(CC)S(=O)(=O)c1ccc(CCC(=O)NC(C)c2ccc(OC)c(OC)c2)cc1. The summed E-state index contributed by atoms with van der Waals surface area (Å²) in [6.45, 7) is 6.40. The van der Waals surface area contributed by atoms with Crippen LogP contribution in [0.25, 0.3) is 0 Å². The van der Waals surface area contributed by atoms with Crippen LogP contribution < -0.4 is 14.8 Å². The normalized spacial score (nSPS) is 12.5. The molecular weight excluding hydrogens is 416 g/mol. The molecule has 2 aromatic rings. The van der Waals surface area contributed by atoms with Gasteiger partial charge >= 0.3 is 0 Å². The molecule has 0 spiro atoms. The molecule has 0 aliphatic rings. The van der Waals surface area contributed by atoms with Gasteiger partial charge in [-0.05, 0) is 48.7 Å². The lowest BCUT2D eigenvalue weighted by atomic mass is 10.1. The van der Waals surface area contributed by atoms with Gasteiger partial charge in [0.25, 0.3) is 0 Å². The van der Waals surface area contributed by atoms with E-state index in [9.17, 15) is 13.2 Å². The monoisotopic (exact) mass is 448 g/mol. The number of sulfonamides is 1. The van der Waals surface area contributed by atoms with Crippen molar-refractivity contribution in [1.82, 2.24) is 9.62 Å². The summed E-state index contributed by atoms with van der Waals surface area (Å²) in [4.78, 5) is 12.7. The molecule has 8 heteroatoms. The van der Waals surface area contributed by atoms with Crippen molar-refractivity contribution in [3.63, 3.8) is 0 Å². The number of hydrogen-bond acceptors (Lipinski definition) is 5. The van der Waals surface area contributed by atoms with Crippen molar-refractivity contribution in [1.29, 1.82) is 0 Å². The molecule has 0 heterocycles. The van der Waals surface area contributed by atoms with E-state index in [2.05, 4.69) is 5.32 Å². The molecule has 0 aliphatic carbocycles. The number of nitrogens with one attached hydrogen (secondary N) is 1. The van der Waals surface area contributed by atoms with Crippen LogP contribution in [0.1, 0.15) is 44.4 Å². The molecule has 0 fully saturated rings. The summed E-state index contributed by atoms with van der Waals surface area (Å²) in [5.41, 5.74) is 1.82. The van der Waals surface area contributed by atoms with Gasteiger partial charge in [-0.25, -0.2) is 8.42 Å². The Balaban J connectivity index is 1.95. The maximum Gasteiger partial charge on any atom is 0.243 e. The lowest BCUT2D eigenvalue weighted by molar-refractivity contribution is -0.121. The van der Waals surface area contributed by atoms with Gasteiger partial charge in [0.2, 0.25) is 15.9 Å². The second kappa shape index (κ2) is 11.2. The zero-order chi connectivity index (χ0) is 23.0. The van der Waals surface area contributed by atoms with Crippen LogP contribution in [0.2, 0.25) is 0 Å². The van der Waals surface area contributed by atoms with Crippen LogP contribution >= 0.6 is 0 Å². The van der Waals surface area contributed by atoms with Gasteiger partial charge < -0.3 is 14.8 Å². The fraction of sp³-hybridized carbons (Fsp3) is 0.435. The highest BCUT2D eigenvalue weighted by Crippen LogP contribution is 2.29. The first-order chi connectivity index (χ1) is 14.8. The highest BCUT2D eigenvalue weighted by molar-refractivity contribution is 7.89. The quantitative estimate of drug-likeness (QED) is 0.568. The van der Waals surface area contributed by atoms with Crippen LogP contribution in [0.3, 0.4) is 0 Å². The third kappa shape index (κ3) is 6.21. The van der Waals surface area contributed by atoms with E-state index in [0.717, 1.165) is 11.1 Å². The van der Waals surface area contributed by atoms with Gasteiger partial charge in [0.15, 0.2) is 11.5 Å².